The van der Waals surface area contributed by atoms with Gasteiger partial charge in [-0.25, -0.2) is 9.78 Å². The first-order chi connectivity index (χ1) is 9.56. The van der Waals surface area contributed by atoms with Crippen molar-refractivity contribution in [2.24, 2.45) is 5.73 Å². The van der Waals surface area contributed by atoms with Crippen molar-refractivity contribution in [3.63, 3.8) is 0 Å². The van der Waals surface area contributed by atoms with Gasteiger partial charge in [0.15, 0.2) is 5.82 Å². The number of nitrogens with zero attached hydrogens (tertiary/aromatic N) is 3. The van der Waals surface area contributed by atoms with E-state index in [1.165, 1.54) is 0 Å². The number of nitrogens with one attached hydrogen (secondary N) is 2. The number of carbonyl (C=O) groups is 2. The topological polar surface area (TPSA) is 127 Å². The highest BCUT2D eigenvalue weighted by molar-refractivity contribution is 8.00. The van der Waals surface area contributed by atoms with E-state index in [1.807, 2.05) is 5.32 Å². The molecule has 8 nitrogen and oxygen atoms in total. The van der Waals surface area contributed by atoms with Gasteiger partial charge in [0.25, 0.3) is 0 Å². The van der Waals surface area contributed by atoms with E-state index in [-0.39, 0.29) is 0 Å². The van der Waals surface area contributed by atoms with Crippen LogP contribution in [-0.4, -0.2) is 37.4 Å². The summed E-state index contributed by atoms with van der Waals surface area (Å²) in [5.74, 6) is 0.0928. The molecule has 2 aromatic heterocycles. The number of aromatic nitrogens is 4. The summed E-state index contributed by atoms with van der Waals surface area (Å²) in [4.78, 5) is 30.3. The number of carbonyl (C=O) groups excluding carboxylic acids is 2. The number of amides is 3. The third-order valence-electron chi connectivity index (χ3n) is 2.32. The van der Waals surface area contributed by atoms with Gasteiger partial charge in [-0.3, -0.25) is 20.2 Å². The number of imide groups is 1. The van der Waals surface area contributed by atoms with Gasteiger partial charge < -0.3 is 5.73 Å². The van der Waals surface area contributed by atoms with Crippen molar-refractivity contribution in [2.75, 3.05) is 0 Å². The summed E-state index contributed by atoms with van der Waals surface area (Å²) in [6.45, 7) is 1.63. The maximum Gasteiger partial charge on any atom is 0.318 e. The van der Waals surface area contributed by atoms with Gasteiger partial charge in [-0.15, -0.1) is 5.10 Å². The van der Waals surface area contributed by atoms with Crippen molar-refractivity contribution in [2.45, 2.75) is 17.3 Å². The highest BCUT2D eigenvalue weighted by Gasteiger charge is 2.18. The normalized spacial score (nSPS) is 11.8. The molecule has 0 aliphatic heterocycles. The van der Waals surface area contributed by atoms with Gasteiger partial charge in [-0.1, -0.05) is 11.8 Å². The second-order valence-corrected chi connectivity index (χ2v) is 5.12. The highest BCUT2D eigenvalue weighted by atomic mass is 32.2. The zero-order valence-electron chi connectivity index (χ0n) is 10.5. The zero-order valence-corrected chi connectivity index (χ0v) is 11.3. The number of pyridine rings is 1. The fraction of sp³-hybridized carbons (Fsp3) is 0.182. The minimum Gasteiger partial charge on any atom is -0.351 e. The van der Waals surface area contributed by atoms with Gasteiger partial charge in [0.1, 0.15) is 0 Å². The Morgan fingerprint density at radius 3 is 2.75 bits per heavy atom. The largest absolute Gasteiger partial charge is 0.351 e. The van der Waals surface area contributed by atoms with E-state index >= 15 is 0 Å². The monoisotopic (exact) mass is 292 g/mol. The molecule has 1 atom stereocenters. The third-order valence-corrected chi connectivity index (χ3v) is 3.28. The molecular weight excluding hydrogens is 280 g/mol. The molecule has 0 aliphatic rings. The molecule has 0 unspecified atom stereocenters. The molecule has 0 saturated carbocycles. The molecule has 0 spiro atoms. The Morgan fingerprint density at radius 2 is 2.10 bits per heavy atom. The molecular formula is C11H12N6O2S. The van der Waals surface area contributed by atoms with Gasteiger partial charge in [0.05, 0.1) is 5.25 Å². The first-order valence-electron chi connectivity index (χ1n) is 5.66. The van der Waals surface area contributed by atoms with Gasteiger partial charge >= 0.3 is 6.03 Å². The molecule has 0 fully saturated rings. The van der Waals surface area contributed by atoms with Crippen LogP contribution in [-0.2, 0) is 4.79 Å². The molecule has 9 heteroatoms. The SMILES string of the molecule is C[C@@H](Sc1n[nH]c(-c2ccncc2)n1)C(=O)NC(N)=O. The molecule has 4 N–H and O–H groups in total. The summed E-state index contributed by atoms with van der Waals surface area (Å²) in [5, 5.41) is 8.65. The van der Waals surface area contributed by atoms with E-state index in [9.17, 15) is 9.59 Å². The number of urea groups is 1. The average Bonchev–Trinajstić information content (AvgIpc) is 2.87. The molecule has 0 radical (unpaired) electrons. The Kier molecular flexibility index (Phi) is 4.31. The Bertz CT molecular complexity index is 614. The minimum atomic E-state index is -0.880. The van der Waals surface area contributed by atoms with E-state index in [0.29, 0.717) is 11.0 Å². The first kappa shape index (κ1) is 14.0. The van der Waals surface area contributed by atoms with Gasteiger partial charge in [-0.2, -0.15) is 0 Å². The lowest BCUT2D eigenvalue weighted by atomic mass is 10.3. The van der Waals surface area contributed by atoms with Crippen molar-refractivity contribution in [3.05, 3.63) is 24.5 Å². The van der Waals surface area contributed by atoms with E-state index in [0.717, 1.165) is 17.3 Å². The predicted octanol–water partition coefficient (Wildman–Crippen LogP) is 0.542. The molecule has 0 aromatic carbocycles. The van der Waals surface area contributed by atoms with E-state index in [1.54, 1.807) is 31.5 Å². The van der Waals surface area contributed by atoms with Crippen LogP contribution in [0.15, 0.2) is 29.7 Å². The lowest BCUT2D eigenvalue weighted by molar-refractivity contribution is -0.119. The summed E-state index contributed by atoms with van der Waals surface area (Å²) < 4.78 is 0. The Morgan fingerprint density at radius 1 is 1.40 bits per heavy atom. The van der Waals surface area contributed by atoms with E-state index < -0.39 is 17.2 Å². The third kappa shape index (κ3) is 3.54. The summed E-state index contributed by atoms with van der Waals surface area (Å²) >= 11 is 1.12. The maximum atomic E-state index is 11.5. The number of H-pyrrole nitrogens is 1. The highest BCUT2D eigenvalue weighted by Crippen LogP contribution is 2.22. The van der Waals surface area contributed by atoms with Gasteiger partial charge in [-0.05, 0) is 19.1 Å². The molecule has 2 rings (SSSR count). The Labute approximate surface area is 118 Å². The first-order valence-corrected chi connectivity index (χ1v) is 6.54. The number of hydrogen-bond donors (Lipinski definition) is 3. The summed E-state index contributed by atoms with van der Waals surface area (Å²) in [5.41, 5.74) is 5.72. The van der Waals surface area contributed by atoms with Gasteiger partial charge in [0.2, 0.25) is 11.1 Å². The quantitative estimate of drug-likeness (QED) is 0.706. The number of aromatic amines is 1. The summed E-state index contributed by atoms with van der Waals surface area (Å²) in [6, 6.07) is 2.70. The van der Waals surface area contributed by atoms with Crippen LogP contribution < -0.4 is 11.1 Å². The Hall–Kier alpha value is -2.42. The van der Waals surface area contributed by atoms with Crippen molar-refractivity contribution < 1.29 is 9.59 Å². The summed E-state index contributed by atoms with van der Waals surface area (Å²) in [6.07, 6.45) is 3.29. The number of nitrogens with two attached hydrogens (primary N) is 1. The average molecular weight is 292 g/mol. The maximum absolute atomic E-state index is 11.5. The molecule has 0 bridgehead atoms. The van der Waals surface area contributed by atoms with Crippen LogP contribution >= 0.6 is 11.8 Å². The van der Waals surface area contributed by atoms with Crippen molar-refractivity contribution in [1.29, 1.82) is 0 Å². The number of thioether (sulfide) groups is 1. The van der Waals surface area contributed by atoms with Crippen LogP contribution in [0.4, 0.5) is 4.79 Å². The van der Waals surface area contributed by atoms with Crippen molar-refractivity contribution >= 4 is 23.7 Å². The van der Waals surface area contributed by atoms with Crippen LogP contribution in [0.1, 0.15) is 6.92 Å². The fourth-order valence-electron chi connectivity index (χ4n) is 1.37. The number of primary amides is 1. The van der Waals surface area contributed by atoms with Crippen molar-refractivity contribution in [3.8, 4) is 11.4 Å². The molecule has 104 valence electrons. The van der Waals surface area contributed by atoms with Crippen LogP contribution in [0.2, 0.25) is 0 Å². The van der Waals surface area contributed by atoms with Crippen LogP contribution in [0.25, 0.3) is 11.4 Å². The van der Waals surface area contributed by atoms with Crippen molar-refractivity contribution in [1.82, 2.24) is 25.5 Å². The molecule has 20 heavy (non-hydrogen) atoms. The van der Waals surface area contributed by atoms with Crippen LogP contribution in [0.5, 0.6) is 0 Å². The molecule has 3 amide bonds. The standard InChI is InChI=1S/C11H12N6O2S/c1-6(9(18)15-10(12)19)20-11-14-8(16-17-11)7-2-4-13-5-3-7/h2-6H,1H3,(H,14,16,17)(H3,12,15,18,19)/t6-/m1/s1. The molecule has 2 heterocycles. The lowest BCUT2D eigenvalue weighted by Crippen LogP contribution is -2.39. The lowest BCUT2D eigenvalue weighted by Gasteiger charge is -2.06. The summed E-state index contributed by atoms with van der Waals surface area (Å²) in [7, 11) is 0. The number of hydrogen-bond acceptors (Lipinski definition) is 6. The molecule has 2 aromatic rings. The number of rotatable bonds is 4. The minimum absolute atomic E-state index is 0.406. The smallest absolute Gasteiger partial charge is 0.318 e. The van der Waals surface area contributed by atoms with Gasteiger partial charge in [0, 0.05) is 18.0 Å². The fourth-order valence-corrected chi connectivity index (χ4v) is 2.10. The molecule has 0 aliphatic carbocycles. The van der Waals surface area contributed by atoms with Crippen LogP contribution in [0.3, 0.4) is 0 Å². The van der Waals surface area contributed by atoms with E-state index in [4.69, 9.17) is 5.73 Å². The Balaban J connectivity index is 2.03. The molecule has 0 saturated heterocycles. The van der Waals surface area contributed by atoms with E-state index in [2.05, 4.69) is 20.2 Å². The van der Waals surface area contributed by atoms with Crippen LogP contribution in [0, 0.1) is 0 Å². The second kappa shape index (κ2) is 6.15. The zero-order chi connectivity index (χ0) is 14.5. The second-order valence-electron chi connectivity index (χ2n) is 3.82. The predicted molar refractivity (Wildman–Crippen MR) is 72.7 cm³/mol.